The molecule has 0 radical (unpaired) electrons. The van der Waals surface area contributed by atoms with Gasteiger partial charge in [-0.25, -0.2) is 0 Å². The minimum Gasteiger partial charge on any atom is -0.469 e. The quantitative estimate of drug-likeness (QED) is 0.783. The summed E-state index contributed by atoms with van der Waals surface area (Å²) in [7, 11) is 1.32. The molecule has 0 spiro atoms. The van der Waals surface area contributed by atoms with Gasteiger partial charge in [-0.3, -0.25) is 9.59 Å². The van der Waals surface area contributed by atoms with Crippen molar-refractivity contribution in [2.24, 2.45) is 0 Å². The maximum atomic E-state index is 11.7. The third kappa shape index (κ3) is 3.12. The molecule has 88 valence electrons. The number of nitrogens with one attached hydrogen (secondary N) is 1. The molecule has 0 aliphatic heterocycles. The van der Waals surface area contributed by atoms with E-state index < -0.39 is 0 Å². The van der Waals surface area contributed by atoms with Gasteiger partial charge < -0.3 is 14.5 Å². The van der Waals surface area contributed by atoms with Crippen LogP contribution in [0.3, 0.4) is 0 Å². The van der Waals surface area contributed by atoms with E-state index in [-0.39, 0.29) is 24.3 Å². The van der Waals surface area contributed by atoms with Crippen molar-refractivity contribution in [3.05, 3.63) is 23.7 Å². The zero-order valence-corrected chi connectivity index (χ0v) is 9.57. The van der Waals surface area contributed by atoms with Crippen molar-refractivity contribution in [2.45, 2.75) is 26.3 Å². The van der Waals surface area contributed by atoms with E-state index in [4.69, 9.17) is 4.42 Å². The topological polar surface area (TPSA) is 68.5 Å². The van der Waals surface area contributed by atoms with Crippen molar-refractivity contribution in [1.82, 2.24) is 5.32 Å². The van der Waals surface area contributed by atoms with E-state index in [0.717, 1.165) is 0 Å². The van der Waals surface area contributed by atoms with Gasteiger partial charge in [-0.05, 0) is 19.9 Å². The number of aryl methyl sites for hydroxylation is 1. The molecule has 1 atom stereocenters. The van der Waals surface area contributed by atoms with Crippen molar-refractivity contribution < 1.29 is 18.7 Å². The number of carbonyl (C=O) groups is 2. The molecule has 5 nitrogen and oxygen atoms in total. The van der Waals surface area contributed by atoms with E-state index in [2.05, 4.69) is 10.1 Å². The summed E-state index contributed by atoms with van der Waals surface area (Å²) in [6.07, 6.45) is 1.61. The van der Waals surface area contributed by atoms with Crippen LogP contribution in [0, 0.1) is 6.92 Å². The smallest absolute Gasteiger partial charge is 0.307 e. The van der Waals surface area contributed by atoms with Crippen molar-refractivity contribution in [2.75, 3.05) is 7.11 Å². The molecular weight excluding hydrogens is 210 g/mol. The predicted molar refractivity (Wildman–Crippen MR) is 57.0 cm³/mol. The molecule has 0 saturated heterocycles. The predicted octanol–water partition coefficient (Wildman–Crippen LogP) is 1.27. The highest BCUT2D eigenvalue weighted by Crippen LogP contribution is 2.08. The molecule has 0 aliphatic rings. The Morgan fingerprint density at radius 1 is 1.56 bits per heavy atom. The summed E-state index contributed by atoms with van der Waals surface area (Å²) < 4.78 is 9.53. The molecule has 1 aromatic rings. The highest BCUT2D eigenvalue weighted by atomic mass is 16.5. The van der Waals surface area contributed by atoms with Crippen molar-refractivity contribution in [3.8, 4) is 0 Å². The van der Waals surface area contributed by atoms with Crippen LogP contribution >= 0.6 is 0 Å². The minimum absolute atomic E-state index is 0.152. The number of hydrogen-bond donors (Lipinski definition) is 1. The molecule has 0 saturated carbocycles. The largest absolute Gasteiger partial charge is 0.469 e. The van der Waals surface area contributed by atoms with Gasteiger partial charge in [-0.1, -0.05) is 0 Å². The zero-order chi connectivity index (χ0) is 12.1. The van der Waals surface area contributed by atoms with Gasteiger partial charge in [0.2, 0.25) is 0 Å². The van der Waals surface area contributed by atoms with Gasteiger partial charge in [0.25, 0.3) is 5.91 Å². The minimum atomic E-state index is -0.350. The average Bonchev–Trinajstić information content (AvgIpc) is 2.63. The normalized spacial score (nSPS) is 11.9. The summed E-state index contributed by atoms with van der Waals surface area (Å²) in [5.74, 6) is -0.0397. The van der Waals surface area contributed by atoms with Gasteiger partial charge >= 0.3 is 5.97 Å². The zero-order valence-electron chi connectivity index (χ0n) is 9.57. The molecule has 0 fully saturated rings. The Morgan fingerprint density at radius 3 is 2.75 bits per heavy atom. The number of esters is 1. The number of hydrogen-bond acceptors (Lipinski definition) is 4. The van der Waals surface area contributed by atoms with Gasteiger partial charge in [0.15, 0.2) is 0 Å². The van der Waals surface area contributed by atoms with E-state index in [0.29, 0.717) is 11.3 Å². The van der Waals surface area contributed by atoms with Crippen molar-refractivity contribution in [3.63, 3.8) is 0 Å². The molecule has 0 aromatic carbocycles. The van der Waals surface area contributed by atoms with E-state index in [9.17, 15) is 9.59 Å². The van der Waals surface area contributed by atoms with Crippen LogP contribution in [0.4, 0.5) is 0 Å². The van der Waals surface area contributed by atoms with Crippen LogP contribution < -0.4 is 5.32 Å². The van der Waals surface area contributed by atoms with Gasteiger partial charge in [-0.2, -0.15) is 0 Å². The number of ether oxygens (including phenoxy) is 1. The Morgan fingerprint density at radius 2 is 2.25 bits per heavy atom. The van der Waals surface area contributed by atoms with Gasteiger partial charge in [-0.15, -0.1) is 0 Å². The first kappa shape index (κ1) is 12.3. The van der Waals surface area contributed by atoms with Crippen LogP contribution in [0.15, 0.2) is 16.7 Å². The second kappa shape index (κ2) is 5.34. The Labute approximate surface area is 93.8 Å². The SMILES string of the molecule is COC(=O)CC(C)NC(=O)c1ccoc1C. The van der Waals surface area contributed by atoms with Gasteiger partial charge in [0.1, 0.15) is 5.76 Å². The molecule has 1 unspecified atom stereocenters. The van der Waals surface area contributed by atoms with Crippen LogP contribution in [0.2, 0.25) is 0 Å². The maximum Gasteiger partial charge on any atom is 0.307 e. The summed E-state index contributed by atoms with van der Waals surface area (Å²) >= 11 is 0. The molecule has 0 bridgehead atoms. The molecule has 1 rings (SSSR count). The van der Waals surface area contributed by atoms with Crippen LogP contribution in [0.25, 0.3) is 0 Å². The summed E-state index contributed by atoms with van der Waals surface area (Å²) in [5, 5.41) is 2.69. The van der Waals surface area contributed by atoms with E-state index in [1.54, 1.807) is 19.9 Å². The van der Waals surface area contributed by atoms with Crippen LogP contribution in [-0.4, -0.2) is 25.0 Å². The lowest BCUT2D eigenvalue weighted by Gasteiger charge is -2.11. The Balaban J connectivity index is 2.52. The first-order valence-electron chi connectivity index (χ1n) is 4.96. The van der Waals surface area contributed by atoms with E-state index in [1.165, 1.54) is 13.4 Å². The molecule has 5 heteroatoms. The average molecular weight is 225 g/mol. The highest BCUT2D eigenvalue weighted by Gasteiger charge is 2.16. The second-order valence-electron chi connectivity index (χ2n) is 3.55. The summed E-state index contributed by atoms with van der Waals surface area (Å²) in [6, 6.07) is 1.32. The Kier molecular flexibility index (Phi) is 4.10. The second-order valence-corrected chi connectivity index (χ2v) is 3.55. The number of carbonyl (C=O) groups excluding carboxylic acids is 2. The molecule has 1 amide bonds. The lowest BCUT2D eigenvalue weighted by molar-refractivity contribution is -0.141. The summed E-state index contributed by atoms with van der Waals surface area (Å²) in [6.45, 7) is 3.45. The number of methoxy groups -OCH3 is 1. The maximum absolute atomic E-state index is 11.7. The fourth-order valence-corrected chi connectivity index (χ4v) is 1.31. The van der Waals surface area contributed by atoms with Crippen LogP contribution in [0.5, 0.6) is 0 Å². The molecule has 1 heterocycles. The molecular formula is C11H15NO4. The molecule has 0 aliphatic carbocycles. The third-order valence-electron chi connectivity index (χ3n) is 2.18. The lowest BCUT2D eigenvalue weighted by atomic mass is 10.2. The number of furan rings is 1. The van der Waals surface area contributed by atoms with E-state index in [1.807, 2.05) is 0 Å². The monoisotopic (exact) mass is 225 g/mol. The van der Waals surface area contributed by atoms with Crippen LogP contribution in [-0.2, 0) is 9.53 Å². The number of rotatable bonds is 4. The standard InChI is InChI=1S/C11H15NO4/c1-7(6-10(13)15-3)12-11(14)9-4-5-16-8(9)2/h4-5,7H,6H2,1-3H3,(H,12,14). The van der Waals surface area contributed by atoms with Gasteiger partial charge in [0.05, 0.1) is 25.4 Å². The van der Waals surface area contributed by atoms with Gasteiger partial charge in [0, 0.05) is 6.04 Å². The Hall–Kier alpha value is -1.78. The molecule has 16 heavy (non-hydrogen) atoms. The fourth-order valence-electron chi connectivity index (χ4n) is 1.31. The first-order valence-corrected chi connectivity index (χ1v) is 4.96. The molecule has 1 aromatic heterocycles. The van der Waals surface area contributed by atoms with Crippen molar-refractivity contribution >= 4 is 11.9 Å². The van der Waals surface area contributed by atoms with Crippen LogP contribution in [0.1, 0.15) is 29.5 Å². The fraction of sp³-hybridized carbons (Fsp3) is 0.455. The molecule has 1 N–H and O–H groups in total. The first-order chi connectivity index (χ1) is 7.54. The highest BCUT2D eigenvalue weighted by molar-refractivity contribution is 5.95. The van der Waals surface area contributed by atoms with E-state index >= 15 is 0 Å². The number of amides is 1. The van der Waals surface area contributed by atoms with Crippen molar-refractivity contribution in [1.29, 1.82) is 0 Å². The summed E-state index contributed by atoms with van der Waals surface area (Å²) in [5.41, 5.74) is 0.483. The summed E-state index contributed by atoms with van der Waals surface area (Å²) in [4.78, 5) is 22.6. The lowest BCUT2D eigenvalue weighted by Crippen LogP contribution is -2.34. The third-order valence-corrected chi connectivity index (χ3v) is 2.18. The Bertz CT molecular complexity index is 383.